The van der Waals surface area contributed by atoms with E-state index in [-0.39, 0.29) is 35.8 Å². The molecule has 2 heterocycles. The maximum Gasteiger partial charge on any atom is 0.317 e. The van der Waals surface area contributed by atoms with Gasteiger partial charge in [-0.05, 0) is 25.2 Å². The molecule has 0 spiro atoms. The van der Waals surface area contributed by atoms with Crippen molar-refractivity contribution in [1.29, 1.82) is 0 Å². The molecule has 2 fully saturated rings. The van der Waals surface area contributed by atoms with Gasteiger partial charge in [0.05, 0.1) is 24.0 Å². The number of hydrogen-bond donors (Lipinski definition) is 2. The van der Waals surface area contributed by atoms with E-state index in [1.165, 1.54) is 0 Å². The van der Waals surface area contributed by atoms with Crippen LogP contribution in [0.15, 0.2) is 0 Å². The Kier molecular flexibility index (Phi) is 5.21. The molecule has 2 atom stereocenters. The fraction of sp³-hybridized carbons (Fsp3) is 0.846. The van der Waals surface area contributed by atoms with Crippen LogP contribution in [0, 0.1) is 11.8 Å². The zero-order valence-electron chi connectivity index (χ0n) is 12.0. The highest BCUT2D eigenvalue weighted by molar-refractivity contribution is 7.91. The van der Waals surface area contributed by atoms with Crippen LogP contribution in [-0.2, 0) is 19.4 Å². The van der Waals surface area contributed by atoms with Gasteiger partial charge in [0.15, 0.2) is 9.84 Å². The summed E-state index contributed by atoms with van der Waals surface area (Å²) in [6.07, 6.45) is 2.27. The number of likely N-dealkylation sites (tertiary alicyclic amines) is 1. The molecule has 0 saturated carbocycles. The SMILES string of the molecule is O=C(O)CNCC1CCCN(C(=O)C2CCS(=O)(=O)C2)C1. The first kappa shape index (κ1) is 16.2. The molecule has 2 N–H and O–H groups in total. The van der Waals surface area contributed by atoms with E-state index in [4.69, 9.17) is 5.11 Å². The maximum absolute atomic E-state index is 12.4. The van der Waals surface area contributed by atoms with E-state index in [1.807, 2.05) is 0 Å². The molecule has 2 aliphatic rings. The first-order valence-corrected chi connectivity index (χ1v) is 9.11. The van der Waals surface area contributed by atoms with Gasteiger partial charge in [-0.25, -0.2) is 8.42 Å². The lowest BCUT2D eigenvalue weighted by Gasteiger charge is -2.34. The number of piperidine rings is 1. The summed E-state index contributed by atoms with van der Waals surface area (Å²) in [7, 11) is -3.04. The minimum absolute atomic E-state index is 0.0235. The number of aliphatic carboxylic acids is 1. The molecule has 0 aromatic heterocycles. The number of nitrogens with one attached hydrogen (secondary N) is 1. The number of carboxylic acid groups (broad SMARTS) is 1. The second-order valence-corrected chi connectivity index (χ2v) is 8.15. The zero-order chi connectivity index (χ0) is 15.5. The third-order valence-corrected chi connectivity index (χ3v) is 5.89. The molecule has 2 unspecified atom stereocenters. The molecular formula is C13H22N2O5S. The van der Waals surface area contributed by atoms with E-state index in [1.54, 1.807) is 4.90 Å². The Labute approximate surface area is 124 Å². The number of carbonyl (C=O) groups is 2. The molecule has 0 aromatic rings. The van der Waals surface area contributed by atoms with Gasteiger partial charge < -0.3 is 15.3 Å². The summed E-state index contributed by atoms with van der Waals surface area (Å²) in [6.45, 7) is 1.75. The van der Waals surface area contributed by atoms with E-state index in [0.29, 0.717) is 26.1 Å². The van der Waals surface area contributed by atoms with Gasteiger partial charge in [0.1, 0.15) is 0 Å². The molecule has 2 rings (SSSR count). The molecule has 0 bridgehead atoms. The van der Waals surface area contributed by atoms with Crippen LogP contribution in [0.3, 0.4) is 0 Å². The van der Waals surface area contributed by atoms with Crippen LogP contribution in [0.2, 0.25) is 0 Å². The average Bonchev–Trinajstić information content (AvgIpc) is 2.78. The van der Waals surface area contributed by atoms with Crippen molar-refractivity contribution in [2.75, 3.05) is 37.7 Å². The number of amides is 1. The summed E-state index contributed by atoms with van der Waals surface area (Å²) in [6, 6.07) is 0. The Morgan fingerprint density at radius 1 is 1.29 bits per heavy atom. The second kappa shape index (κ2) is 6.74. The maximum atomic E-state index is 12.4. The monoisotopic (exact) mass is 318 g/mol. The predicted octanol–water partition coefficient (Wildman–Crippen LogP) is -0.666. The van der Waals surface area contributed by atoms with Gasteiger partial charge in [-0.2, -0.15) is 0 Å². The minimum atomic E-state index is -3.04. The number of rotatable bonds is 5. The fourth-order valence-corrected chi connectivity index (χ4v) is 4.80. The molecule has 0 radical (unpaired) electrons. The topological polar surface area (TPSA) is 104 Å². The molecule has 2 saturated heterocycles. The first-order chi connectivity index (χ1) is 9.87. The number of hydrogen-bond acceptors (Lipinski definition) is 5. The van der Waals surface area contributed by atoms with E-state index < -0.39 is 15.8 Å². The van der Waals surface area contributed by atoms with Crippen molar-refractivity contribution in [2.45, 2.75) is 19.3 Å². The van der Waals surface area contributed by atoms with E-state index in [0.717, 1.165) is 12.8 Å². The molecule has 7 nitrogen and oxygen atoms in total. The highest BCUT2D eigenvalue weighted by Gasteiger charge is 2.36. The number of carboxylic acids is 1. The Morgan fingerprint density at radius 2 is 2.05 bits per heavy atom. The smallest absolute Gasteiger partial charge is 0.317 e. The van der Waals surface area contributed by atoms with Crippen LogP contribution in [0.25, 0.3) is 0 Å². The van der Waals surface area contributed by atoms with Crippen LogP contribution in [0.4, 0.5) is 0 Å². The van der Waals surface area contributed by atoms with Crippen molar-refractivity contribution >= 4 is 21.7 Å². The molecule has 8 heteroatoms. The standard InChI is InChI=1S/C13H22N2O5S/c16-12(17)7-14-6-10-2-1-4-15(8-10)13(18)11-3-5-21(19,20)9-11/h10-11,14H,1-9H2,(H,16,17). The van der Waals surface area contributed by atoms with Gasteiger partial charge in [-0.3, -0.25) is 9.59 Å². The van der Waals surface area contributed by atoms with Crippen molar-refractivity contribution in [2.24, 2.45) is 11.8 Å². The lowest BCUT2D eigenvalue weighted by Crippen LogP contribution is -2.45. The van der Waals surface area contributed by atoms with E-state index >= 15 is 0 Å². The highest BCUT2D eigenvalue weighted by atomic mass is 32.2. The number of carbonyl (C=O) groups excluding carboxylic acids is 1. The Morgan fingerprint density at radius 3 is 2.67 bits per heavy atom. The summed E-state index contributed by atoms with van der Waals surface area (Å²) in [5, 5.41) is 11.5. The third-order valence-electron chi connectivity index (χ3n) is 4.12. The molecule has 120 valence electrons. The van der Waals surface area contributed by atoms with Gasteiger partial charge in [0.2, 0.25) is 5.91 Å². The van der Waals surface area contributed by atoms with Crippen molar-refractivity contribution in [3.8, 4) is 0 Å². The van der Waals surface area contributed by atoms with Crippen LogP contribution in [-0.4, -0.2) is 68.0 Å². The first-order valence-electron chi connectivity index (χ1n) is 7.29. The lowest BCUT2D eigenvalue weighted by molar-refractivity contribution is -0.137. The van der Waals surface area contributed by atoms with Gasteiger partial charge in [0, 0.05) is 19.6 Å². The van der Waals surface area contributed by atoms with Crippen molar-refractivity contribution < 1.29 is 23.1 Å². The quantitative estimate of drug-likeness (QED) is 0.697. The van der Waals surface area contributed by atoms with Crippen molar-refractivity contribution in [3.05, 3.63) is 0 Å². The highest BCUT2D eigenvalue weighted by Crippen LogP contribution is 2.24. The minimum Gasteiger partial charge on any atom is -0.480 e. The van der Waals surface area contributed by atoms with Gasteiger partial charge in [-0.1, -0.05) is 0 Å². The van der Waals surface area contributed by atoms with Crippen LogP contribution >= 0.6 is 0 Å². The van der Waals surface area contributed by atoms with Gasteiger partial charge in [0.25, 0.3) is 0 Å². The number of nitrogens with zero attached hydrogens (tertiary/aromatic N) is 1. The van der Waals surface area contributed by atoms with Crippen LogP contribution in [0.1, 0.15) is 19.3 Å². The molecule has 0 aromatic carbocycles. The molecule has 1 amide bonds. The molecule has 2 aliphatic heterocycles. The van der Waals surface area contributed by atoms with Crippen LogP contribution in [0.5, 0.6) is 0 Å². The summed E-state index contributed by atoms with van der Waals surface area (Å²) in [5.74, 6) is -1.01. The summed E-state index contributed by atoms with van der Waals surface area (Å²) < 4.78 is 22.9. The molecule has 21 heavy (non-hydrogen) atoms. The van der Waals surface area contributed by atoms with Crippen molar-refractivity contribution in [1.82, 2.24) is 10.2 Å². The summed E-state index contributed by atoms with van der Waals surface area (Å²) in [4.78, 5) is 24.6. The third kappa shape index (κ3) is 4.67. The Hall–Kier alpha value is -1.15. The second-order valence-electron chi connectivity index (χ2n) is 5.92. The average molecular weight is 318 g/mol. The van der Waals surface area contributed by atoms with Gasteiger partial charge in [-0.15, -0.1) is 0 Å². The molecule has 0 aliphatic carbocycles. The molecular weight excluding hydrogens is 296 g/mol. The predicted molar refractivity (Wildman–Crippen MR) is 76.6 cm³/mol. The largest absolute Gasteiger partial charge is 0.480 e. The van der Waals surface area contributed by atoms with Crippen LogP contribution < -0.4 is 5.32 Å². The fourth-order valence-electron chi connectivity index (χ4n) is 3.06. The Balaban J connectivity index is 1.83. The van der Waals surface area contributed by atoms with E-state index in [9.17, 15) is 18.0 Å². The normalized spacial score (nSPS) is 28.5. The van der Waals surface area contributed by atoms with Crippen molar-refractivity contribution in [3.63, 3.8) is 0 Å². The lowest BCUT2D eigenvalue weighted by atomic mass is 9.96. The van der Waals surface area contributed by atoms with E-state index in [2.05, 4.69) is 5.32 Å². The van der Waals surface area contributed by atoms with Gasteiger partial charge >= 0.3 is 5.97 Å². The zero-order valence-corrected chi connectivity index (χ0v) is 12.8. The summed E-state index contributed by atoms with van der Waals surface area (Å²) in [5.41, 5.74) is 0. The summed E-state index contributed by atoms with van der Waals surface area (Å²) >= 11 is 0. The Bertz CT molecular complexity index is 505. The number of sulfone groups is 1.